The van der Waals surface area contributed by atoms with Gasteiger partial charge in [0.2, 0.25) is 0 Å². The highest BCUT2D eigenvalue weighted by Crippen LogP contribution is 2.61. The molecule has 0 heterocycles. The highest BCUT2D eigenvalue weighted by molar-refractivity contribution is 5.27. The third kappa shape index (κ3) is 0.852. The number of hydrogen-bond acceptors (Lipinski definition) is 0. The molecule has 0 saturated heterocycles. The van der Waals surface area contributed by atoms with Crippen molar-refractivity contribution < 1.29 is 0 Å². The molecule has 0 aliphatic heterocycles. The topological polar surface area (TPSA) is 0 Å². The average Bonchev–Trinajstić information content (AvgIpc) is 2.90. The van der Waals surface area contributed by atoms with E-state index in [2.05, 4.69) is 38.2 Å². The Morgan fingerprint density at radius 3 is 2.50 bits per heavy atom. The standard InChI is InChI=1S/C14H20/c1-3-14(4-2)8-7-12-10-5-6-11(9-10)13(12)14/h5-8,10-13H,3-4,9H2,1-2H3/t10-,11-,12-,13+/m0/s1. The van der Waals surface area contributed by atoms with E-state index >= 15 is 0 Å². The van der Waals surface area contributed by atoms with Crippen LogP contribution in [0.15, 0.2) is 24.3 Å². The van der Waals surface area contributed by atoms with E-state index in [0.717, 1.165) is 23.7 Å². The van der Waals surface area contributed by atoms with Gasteiger partial charge in [-0.15, -0.1) is 0 Å². The Hall–Kier alpha value is -0.520. The summed E-state index contributed by atoms with van der Waals surface area (Å²) in [4.78, 5) is 0. The van der Waals surface area contributed by atoms with Gasteiger partial charge in [-0.2, -0.15) is 0 Å². The Morgan fingerprint density at radius 1 is 1.07 bits per heavy atom. The van der Waals surface area contributed by atoms with Gasteiger partial charge in [0.1, 0.15) is 0 Å². The average molecular weight is 188 g/mol. The summed E-state index contributed by atoms with van der Waals surface area (Å²) in [7, 11) is 0. The molecule has 0 aromatic rings. The molecule has 0 aromatic heterocycles. The van der Waals surface area contributed by atoms with Crippen LogP contribution >= 0.6 is 0 Å². The molecule has 1 saturated carbocycles. The second kappa shape index (κ2) is 2.74. The van der Waals surface area contributed by atoms with Crippen LogP contribution in [0.2, 0.25) is 0 Å². The predicted octanol–water partition coefficient (Wildman–Crippen LogP) is 3.80. The highest BCUT2D eigenvalue weighted by Gasteiger charge is 2.53. The van der Waals surface area contributed by atoms with E-state index in [9.17, 15) is 0 Å². The molecule has 76 valence electrons. The first-order valence-electron chi connectivity index (χ1n) is 6.18. The normalized spacial score (nSPS) is 46.1. The lowest BCUT2D eigenvalue weighted by Gasteiger charge is -2.37. The second-order valence-corrected chi connectivity index (χ2v) is 5.35. The first kappa shape index (κ1) is 8.76. The van der Waals surface area contributed by atoms with E-state index in [4.69, 9.17) is 0 Å². The Balaban J connectivity index is 1.99. The highest BCUT2D eigenvalue weighted by atomic mass is 14.6. The Morgan fingerprint density at radius 2 is 1.79 bits per heavy atom. The zero-order chi connectivity index (χ0) is 9.76. The van der Waals surface area contributed by atoms with E-state index in [1.807, 2.05) is 0 Å². The quantitative estimate of drug-likeness (QED) is 0.578. The molecule has 14 heavy (non-hydrogen) atoms. The van der Waals surface area contributed by atoms with Gasteiger partial charge in [0, 0.05) is 0 Å². The van der Waals surface area contributed by atoms with Gasteiger partial charge in [-0.25, -0.2) is 0 Å². The van der Waals surface area contributed by atoms with Crippen molar-refractivity contribution in [3.63, 3.8) is 0 Å². The van der Waals surface area contributed by atoms with Crippen LogP contribution in [-0.2, 0) is 0 Å². The molecule has 0 aromatic carbocycles. The fourth-order valence-corrected chi connectivity index (χ4v) is 4.30. The van der Waals surface area contributed by atoms with Gasteiger partial charge in [0.15, 0.2) is 0 Å². The molecule has 0 heteroatoms. The Labute approximate surface area is 87.1 Å². The maximum atomic E-state index is 2.55. The molecule has 3 rings (SSSR count). The fraction of sp³-hybridized carbons (Fsp3) is 0.714. The SMILES string of the molecule is CCC1(CC)C=C[C@@H]2[C@H]1[C@H]1C=C[C@H]2C1. The van der Waals surface area contributed by atoms with E-state index in [1.54, 1.807) is 0 Å². The molecule has 0 nitrogen and oxygen atoms in total. The van der Waals surface area contributed by atoms with Gasteiger partial charge in [-0.05, 0) is 48.3 Å². The second-order valence-electron chi connectivity index (χ2n) is 5.35. The molecule has 0 N–H and O–H groups in total. The Kier molecular flexibility index (Phi) is 1.72. The summed E-state index contributed by atoms with van der Waals surface area (Å²) in [6, 6.07) is 0. The summed E-state index contributed by atoms with van der Waals surface area (Å²) in [6.07, 6.45) is 14.2. The van der Waals surface area contributed by atoms with Crippen molar-refractivity contribution in [2.45, 2.75) is 33.1 Å². The van der Waals surface area contributed by atoms with Gasteiger partial charge in [0.05, 0.1) is 0 Å². The van der Waals surface area contributed by atoms with Crippen LogP contribution < -0.4 is 0 Å². The molecule has 0 radical (unpaired) electrons. The summed E-state index contributed by atoms with van der Waals surface area (Å²) < 4.78 is 0. The molecule has 0 spiro atoms. The maximum Gasteiger partial charge on any atom is -0.00837 e. The van der Waals surface area contributed by atoms with Crippen LogP contribution in [0.25, 0.3) is 0 Å². The minimum atomic E-state index is 0.550. The van der Waals surface area contributed by atoms with Crippen molar-refractivity contribution in [1.82, 2.24) is 0 Å². The van der Waals surface area contributed by atoms with Gasteiger partial charge in [-0.3, -0.25) is 0 Å². The van der Waals surface area contributed by atoms with Crippen LogP contribution in [0.4, 0.5) is 0 Å². The number of fused-ring (bicyclic) bond motifs is 5. The molecule has 2 bridgehead atoms. The van der Waals surface area contributed by atoms with Crippen molar-refractivity contribution in [3.8, 4) is 0 Å². The molecule has 3 aliphatic rings. The van der Waals surface area contributed by atoms with Gasteiger partial charge >= 0.3 is 0 Å². The van der Waals surface area contributed by atoms with Gasteiger partial charge in [-0.1, -0.05) is 38.2 Å². The predicted molar refractivity (Wildman–Crippen MR) is 59.9 cm³/mol. The smallest absolute Gasteiger partial charge is 0.00837 e. The van der Waals surface area contributed by atoms with Gasteiger partial charge in [0.25, 0.3) is 0 Å². The summed E-state index contributed by atoms with van der Waals surface area (Å²) in [6.45, 7) is 4.73. The van der Waals surface area contributed by atoms with E-state index in [-0.39, 0.29) is 0 Å². The van der Waals surface area contributed by atoms with Crippen molar-refractivity contribution in [2.24, 2.45) is 29.1 Å². The summed E-state index contributed by atoms with van der Waals surface area (Å²) >= 11 is 0. The maximum absolute atomic E-state index is 2.55. The van der Waals surface area contributed by atoms with Crippen molar-refractivity contribution >= 4 is 0 Å². The number of allylic oxidation sites excluding steroid dienone is 4. The van der Waals surface area contributed by atoms with E-state index in [0.29, 0.717) is 5.41 Å². The molecule has 3 aliphatic carbocycles. The van der Waals surface area contributed by atoms with Gasteiger partial charge < -0.3 is 0 Å². The zero-order valence-electron chi connectivity index (χ0n) is 9.24. The zero-order valence-corrected chi connectivity index (χ0v) is 9.24. The molecule has 0 unspecified atom stereocenters. The lowest BCUT2D eigenvalue weighted by Crippen LogP contribution is -2.30. The minimum absolute atomic E-state index is 0.550. The molecular weight excluding hydrogens is 168 g/mol. The summed E-state index contributed by atoms with van der Waals surface area (Å²) in [5.41, 5.74) is 0.550. The molecule has 0 amide bonds. The van der Waals surface area contributed by atoms with Crippen molar-refractivity contribution in [1.29, 1.82) is 0 Å². The van der Waals surface area contributed by atoms with Crippen LogP contribution in [0, 0.1) is 29.1 Å². The largest absolute Gasteiger partial charge is 0.0848 e. The van der Waals surface area contributed by atoms with Crippen molar-refractivity contribution in [2.75, 3.05) is 0 Å². The summed E-state index contributed by atoms with van der Waals surface area (Å²) in [5.74, 6) is 3.64. The molecule has 1 fully saturated rings. The van der Waals surface area contributed by atoms with E-state index in [1.165, 1.54) is 19.3 Å². The Bertz CT molecular complexity index is 293. The number of hydrogen-bond donors (Lipinski definition) is 0. The van der Waals surface area contributed by atoms with Crippen LogP contribution in [-0.4, -0.2) is 0 Å². The lowest BCUT2D eigenvalue weighted by atomic mass is 9.67. The van der Waals surface area contributed by atoms with Crippen molar-refractivity contribution in [3.05, 3.63) is 24.3 Å². The number of rotatable bonds is 2. The molecular formula is C14H20. The third-order valence-electron chi connectivity index (χ3n) is 5.15. The third-order valence-corrected chi connectivity index (χ3v) is 5.15. The lowest BCUT2D eigenvalue weighted by molar-refractivity contribution is 0.169. The van der Waals surface area contributed by atoms with E-state index < -0.39 is 0 Å². The first-order valence-corrected chi connectivity index (χ1v) is 6.18. The van der Waals surface area contributed by atoms with Crippen LogP contribution in [0.3, 0.4) is 0 Å². The van der Waals surface area contributed by atoms with Crippen LogP contribution in [0.5, 0.6) is 0 Å². The minimum Gasteiger partial charge on any atom is -0.0848 e. The first-order chi connectivity index (χ1) is 6.80. The monoisotopic (exact) mass is 188 g/mol. The molecule has 4 atom stereocenters. The fourth-order valence-electron chi connectivity index (χ4n) is 4.30. The van der Waals surface area contributed by atoms with Crippen LogP contribution in [0.1, 0.15) is 33.1 Å². The summed E-state index contributed by atoms with van der Waals surface area (Å²) in [5, 5.41) is 0.